The highest BCUT2D eigenvalue weighted by Crippen LogP contribution is 2.34. The molecule has 2 aliphatic heterocycles. The molecule has 17 heteroatoms. The zero-order valence-electron chi connectivity index (χ0n) is 24.6. The van der Waals surface area contributed by atoms with Gasteiger partial charge >= 0.3 is 41.8 Å². The summed E-state index contributed by atoms with van der Waals surface area (Å²) in [7, 11) is 0. The van der Waals surface area contributed by atoms with Crippen LogP contribution in [0.2, 0.25) is 0 Å². The van der Waals surface area contributed by atoms with Crippen LogP contribution in [0, 0.1) is 6.42 Å². The van der Waals surface area contributed by atoms with Crippen molar-refractivity contribution in [3.05, 3.63) is 6.42 Å². The van der Waals surface area contributed by atoms with Crippen LogP contribution in [0.3, 0.4) is 0 Å². The highest BCUT2D eigenvalue weighted by Gasteiger charge is 2.55. The first kappa shape index (κ1) is 35.4. The van der Waals surface area contributed by atoms with Crippen LogP contribution < -0.4 is 0 Å². The molecule has 0 amide bonds. The Morgan fingerprint density at radius 2 is 0.953 bits per heavy atom. The molecule has 2 heterocycles. The van der Waals surface area contributed by atoms with Crippen LogP contribution >= 0.6 is 0 Å². The Morgan fingerprint density at radius 3 is 1.42 bits per heavy atom. The normalized spacial score (nSPS) is 30.2. The van der Waals surface area contributed by atoms with E-state index in [9.17, 15) is 33.6 Å². The molecule has 0 N–H and O–H groups in total. The third kappa shape index (κ3) is 11.4. The lowest BCUT2D eigenvalue weighted by Gasteiger charge is -2.47. The van der Waals surface area contributed by atoms with Crippen molar-refractivity contribution in [2.24, 2.45) is 0 Å². The summed E-state index contributed by atoms with van der Waals surface area (Å²) in [5, 5.41) is 0. The second-order valence-corrected chi connectivity index (χ2v) is 9.39. The molecule has 17 nitrogen and oxygen atoms in total. The molecule has 0 aromatic heterocycles. The van der Waals surface area contributed by atoms with Crippen LogP contribution in [0.5, 0.6) is 0 Å². The molecular formula is C26H35O17. The van der Waals surface area contributed by atoms with Crippen LogP contribution in [-0.2, 0) is 80.9 Å². The average molecular weight is 620 g/mol. The first-order valence-electron chi connectivity index (χ1n) is 13.0. The van der Waals surface area contributed by atoms with Crippen LogP contribution in [-0.4, -0.2) is 110 Å². The van der Waals surface area contributed by atoms with Gasteiger partial charge in [-0.3, -0.25) is 33.6 Å². The molecule has 0 unspecified atom stereocenters. The summed E-state index contributed by atoms with van der Waals surface area (Å²) >= 11 is 0. The molecule has 2 rings (SSSR count). The zero-order chi connectivity index (χ0) is 32.4. The van der Waals surface area contributed by atoms with E-state index in [1.165, 1.54) is 6.42 Å². The number of ether oxygens (including phenoxy) is 10. The Morgan fingerprint density at radius 1 is 0.512 bits per heavy atom. The van der Waals surface area contributed by atoms with Gasteiger partial charge in [0.2, 0.25) is 6.29 Å². The Labute approximate surface area is 246 Å². The molecule has 2 aliphatic rings. The predicted molar refractivity (Wildman–Crippen MR) is 134 cm³/mol. The fourth-order valence-electron chi connectivity index (χ4n) is 4.25. The maximum absolute atomic E-state index is 12.1. The highest BCUT2D eigenvalue weighted by molar-refractivity contribution is 5.69. The van der Waals surface area contributed by atoms with Gasteiger partial charge in [0.1, 0.15) is 37.6 Å². The van der Waals surface area contributed by atoms with Crippen molar-refractivity contribution in [1.29, 1.82) is 0 Å². The minimum atomic E-state index is -1.69. The molecule has 9 atom stereocenters. The first-order valence-corrected chi connectivity index (χ1v) is 13.0. The van der Waals surface area contributed by atoms with Crippen molar-refractivity contribution in [2.75, 3.05) is 13.2 Å². The molecule has 0 saturated carbocycles. The largest absolute Gasteiger partial charge is 0.463 e. The monoisotopic (exact) mass is 619 g/mol. The second kappa shape index (κ2) is 16.1. The first-order chi connectivity index (χ1) is 20.1. The smallest absolute Gasteiger partial charge is 0.304 e. The molecule has 0 aliphatic carbocycles. The van der Waals surface area contributed by atoms with Crippen molar-refractivity contribution in [1.82, 2.24) is 0 Å². The van der Waals surface area contributed by atoms with Crippen molar-refractivity contribution in [3.8, 4) is 0 Å². The lowest BCUT2D eigenvalue weighted by Crippen LogP contribution is -2.65. The Hall–Kier alpha value is -3.83. The minimum Gasteiger partial charge on any atom is -0.463 e. The second-order valence-electron chi connectivity index (χ2n) is 9.39. The summed E-state index contributed by atoms with van der Waals surface area (Å²) in [5.41, 5.74) is 0. The molecule has 0 bridgehead atoms. The molecule has 0 spiro atoms. The summed E-state index contributed by atoms with van der Waals surface area (Å²) in [6.45, 7) is 6.58. The number of esters is 7. The number of rotatable bonds is 11. The standard InChI is InChI=1S/C26H35O17/c1-11(27)34-9-19-22(18(36-13(3)29)8-21(41-19)37-14(4)30)43-26-25(40-17(7)33)24(39-16(6)32)23(38-15(5)31)20(42-26)10-35-12(2)28/h8,18-26H,9-10H2,1-7H3/t18-,19-,20-,21+,22+,23-,24+,25-,26-/m1/s1. The van der Waals surface area contributed by atoms with Crippen molar-refractivity contribution >= 4 is 41.8 Å². The molecule has 0 aromatic rings. The van der Waals surface area contributed by atoms with Crippen molar-refractivity contribution in [2.45, 2.75) is 104 Å². The van der Waals surface area contributed by atoms with E-state index in [1.54, 1.807) is 0 Å². The number of carbonyl (C=O) groups excluding carboxylic acids is 7. The summed E-state index contributed by atoms with van der Waals surface area (Å²) < 4.78 is 54.5. The summed E-state index contributed by atoms with van der Waals surface area (Å²) in [4.78, 5) is 83.0. The summed E-state index contributed by atoms with van der Waals surface area (Å²) in [6.07, 6.45) is -11.8. The SMILES string of the molecule is CC(=O)OC[C@H]1O[C@H](O[C@H]2[C@H](OC(C)=O)[CH][C@@H](OC(C)=O)O[C@@H]2COC(C)=O)[C@H](OC(C)=O)[C@@H](OC(C)=O)[C@@H]1OC(C)=O. The van der Waals surface area contributed by atoms with Gasteiger partial charge < -0.3 is 47.4 Å². The maximum atomic E-state index is 12.1. The number of carbonyl (C=O) groups is 7. The fraction of sp³-hybridized carbons (Fsp3) is 0.692. The topological polar surface area (TPSA) is 212 Å². The molecule has 2 saturated heterocycles. The summed E-state index contributed by atoms with van der Waals surface area (Å²) in [5.74, 6) is -5.54. The third-order valence-electron chi connectivity index (χ3n) is 5.62. The van der Waals surface area contributed by atoms with E-state index >= 15 is 0 Å². The quantitative estimate of drug-likeness (QED) is 0.209. The van der Waals surface area contributed by atoms with E-state index < -0.39 is 110 Å². The minimum absolute atomic E-state index is 0.491. The van der Waals surface area contributed by atoms with Crippen LogP contribution in [0.4, 0.5) is 0 Å². The van der Waals surface area contributed by atoms with Crippen molar-refractivity contribution < 1.29 is 80.9 Å². The van der Waals surface area contributed by atoms with E-state index in [-0.39, 0.29) is 0 Å². The van der Waals surface area contributed by atoms with Gasteiger partial charge in [-0.15, -0.1) is 0 Å². The van der Waals surface area contributed by atoms with E-state index in [0.29, 0.717) is 0 Å². The van der Waals surface area contributed by atoms with Gasteiger partial charge in [-0.1, -0.05) is 0 Å². The maximum Gasteiger partial charge on any atom is 0.304 e. The van der Waals surface area contributed by atoms with Crippen LogP contribution in [0.1, 0.15) is 48.5 Å². The van der Waals surface area contributed by atoms with Crippen LogP contribution in [0.15, 0.2) is 0 Å². The molecule has 241 valence electrons. The van der Waals surface area contributed by atoms with Gasteiger partial charge in [0, 0.05) is 48.5 Å². The van der Waals surface area contributed by atoms with E-state index in [1.807, 2.05) is 0 Å². The van der Waals surface area contributed by atoms with Crippen LogP contribution in [0.25, 0.3) is 0 Å². The lowest BCUT2D eigenvalue weighted by molar-refractivity contribution is -0.338. The number of hydrogen-bond donors (Lipinski definition) is 0. The average Bonchev–Trinajstić information content (AvgIpc) is 2.85. The van der Waals surface area contributed by atoms with E-state index in [2.05, 4.69) is 0 Å². The molecular weight excluding hydrogens is 584 g/mol. The third-order valence-corrected chi connectivity index (χ3v) is 5.62. The zero-order valence-corrected chi connectivity index (χ0v) is 24.6. The lowest BCUT2D eigenvalue weighted by atomic mass is 9.97. The molecule has 43 heavy (non-hydrogen) atoms. The van der Waals surface area contributed by atoms with Gasteiger partial charge in [-0.25, -0.2) is 0 Å². The summed E-state index contributed by atoms with van der Waals surface area (Å²) in [6, 6.07) is 0. The number of hydrogen-bond acceptors (Lipinski definition) is 17. The van der Waals surface area contributed by atoms with Gasteiger partial charge in [0.05, 0.1) is 6.42 Å². The molecule has 2 fully saturated rings. The van der Waals surface area contributed by atoms with Gasteiger partial charge in [0.15, 0.2) is 24.6 Å². The van der Waals surface area contributed by atoms with E-state index in [0.717, 1.165) is 48.5 Å². The van der Waals surface area contributed by atoms with E-state index in [4.69, 9.17) is 47.4 Å². The Kier molecular flexibility index (Phi) is 13.3. The van der Waals surface area contributed by atoms with Gasteiger partial charge in [-0.2, -0.15) is 0 Å². The van der Waals surface area contributed by atoms with Crippen molar-refractivity contribution in [3.63, 3.8) is 0 Å². The Balaban J connectivity index is 2.58. The predicted octanol–water partition coefficient (Wildman–Crippen LogP) is -0.558. The fourth-order valence-corrected chi connectivity index (χ4v) is 4.25. The Bertz CT molecular complexity index is 1060. The highest BCUT2D eigenvalue weighted by atomic mass is 16.8. The molecule has 1 radical (unpaired) electrons. The molecule has 0 aromatic carbocycles. The van der Waals surface area contributed by atoms with Gasteiger partial charge in [-0.05, 0) is 0 Å². The van der Waals surface area contributed by atoms with Gasteiger partial charge in [0.25, 0.3) is 0 Å².